The van der Waals surface area contributed by atoms with Gasteiger partial charge in [0.25, 0.3) is 0 Å². The SMILES string of the molecule is Cc1nc2ccccc2n1C1C[C@H]2CC[C@@H](C1)N2CC[C@@]1(CCN(C)S(=O)(=O)c2ccccc2Cl)CCc2ccccc21. The van der Waals surface area contributed by atoms with E-state index in [1.54, 1.807) is 31.3 Å². The Balaban J connectivity index is 1.09. The van der Waals surface area contributed by atoms with Gasteiger partial charge in [-0.2, -0.15) is 0 Å². The number of fused-ring (bicyclic) bond motifs is 4. The predicted octanol–water partition coefficient (Wildman–Crippen LogP) is 7.15. The highest BCUT2D eigenvalue weighted by atomic mass is 35.5. The van der Waals surface area contributed by atoms with Crippen LogP contribution in [0.4, 0.5) is 0 Å². The minimum Gasteiger partial charge on any atom is -0.325 e. The second kappa shape index (κ2) is 11.3. The maximum Gasteiger partial charge on any atom is 0.244 e. The van der Waals surface area contributed by atoms with Crippen LogP contribution in [0.1, 0.15) is 67.9 Å². The molecule has 0 saturated carbocycles. The van der Waals surface area contributed by atoms with Crippen LogP contribution in [0, 0.1) is 6.92 Å². The van der Waals surface area contributed by atoms with E-state index in [1.807, 2.05) is 0 Å². The zero-order valence-electron chi connectivity index (χ0n) is 25.1. The molecule has 0 N–H and O–H groups in total. The van der Waals surface area contributed by atoms with E-state index in [1.165, 1.54) is 46.6 Å². The van der Waals surface area contributed by atoms with Crippen molar-refractivity contribution in [2.24, 2.45) is 0 Å². The van der Waals surface area contributed by atoms with E-state index in [0.29, 0.717) is 24.7 Å². The molecule has 8 heteroatoms. The molecule has 1 aromatic heterocycles. The lowest BCUT2D eigenvalue weighted by atomic mass is 9.75. The van der Waals surface area contributed by atoms with E-state index in [2.05, 4.69) is 64.9 Å². The zero-order valence-corrected chi connectivity index (χ0v) is 26.7. The first-order valence-electron chi connectivity index (χ1n) is 15.8. The van der Waals surface area contributed by atoms with E-state index >= 15 is 0 Å². The highest BCUT2D eigenvalue weighted by molar-refractivity contribution is 7.89. The highest BCUT2D eigenvalue weighted by Gasteiger charge is 2.44. The summed E-state index contributed by atoms with van der Waals surface area (Å²) in [5.74, 6) is 1.12. The van der Waals surface area contributed by atoms with Crippen LogP contribution in [0.25, 0.3) is 11.0 Å². The Kier molecular flexibility index (Phi) is 7.65. The molecule has 7 rings (SSSR count). The summed E-state index contributed by atoms with van der Waals surface area (Å²) in [5, 5.41) is 0.271. The van der Waals surface area contributed by atoms with Gasteiger partial charge in [-0.05, 0) is 106 Å². The van der Waals surface area contributed by atoms with Gasteiger partial charge in [0.2, 0.25) is 10.0 Å². The molecular formula is C35H41ClN4O2S. The number of hydrogen-bond acceptors (Lipinski definition) is 4. The van der Waals surface area contributed by atoms with Gasteiger partial charge in [0.1, 0.15) is 10.7 Å². The van der Waals surface area contributed by atoms with Crippen LogP contribution in [0.3, 0.4) is 0 Å². The average Bonchev–Trinajstić information content (AvgIpc) is 3.62. The van der Waals surface area contributed by atoms with Crippen molar-refractivity contribution in [3.8, 4) is 0 Å². The quantitative estimate of drug-likeness (QED) is 0.200. The van der Waals surface area contributed by atoms with Gasteiger partial charge in [-0.15, -0.1) is 0 Å². The first kappa shape index (κ1) is 29.0. The zero-order chi connectivity index (χ0) is 29.8. The molecule has 2 bridgehead atoms. The predicted molar refractivity (Wildman–Crippen MR) is 173 cm³/mol. The fourth-order valence-electron chi connectivity index (χ4n) is 8.51. The fourth-order valence-corrected chi connectivity index (χ4v) is 10.2. The summed E-state index contributed by atoms with van der Waals surface area (Å²) < 4.78 is 30.9. The number of aryl methyl sites for hydroxylation is 2. The van der Waals surface area contributed by atoms with E-state index in [9.17, 15) is 8.42 Å². The molecule has 0 amide bonds. The normalized spacial score (nSPS) is 25.5. The van der Waals surface area contributed by atoms with Gasteiger partial charge in [-0.3, -0.25) is 4.90 Å². The molecule has 6 nitrogen and oxygen atoms in total. The number of para-hydroxylation sites is 2. The Morgan fingerprint density at radius 2 is 1.63 bits per heavy atom. The third kappa shape index (κ3) is 5.12. The van der Waals surface area contributed by atoms with E-state index in [4.69, 9.17) is 16.6 Å². The van der Waals surface area contributed by atoms with Crippen molar-refractivity contribution in [2.45, 2.75) is 86.7 Å². The van der Waals surface area contributed by atoms with Gasteiger partial charge in [0.05, 0.1) is 16.1 Å². The molecule has 0 radical (unpaired) electrons. The van der Waals surface area contributed by atoms with Gasteiger partial charge < -0.3 is 4.57 Å². The summed E-state index contributed by atoms with van der Waals surface area (Å²) in [7, 11) is -1.98. The summed E-state index contributed by atoms with van der Waals surface area (Å²) in [6, 6.07) is 25.8. The molecule has 0 spiro atoms. The van der Waals surface area contributed by atoms with Crippen molar-refractivity contribution in [3.05, 3.63) is 94.8 Å². The van der Waals surface area contributed by atoms with E-state index < -0.39 is 10.0 Å². The molecule has 2 aliphatic heterocycles. The Morgan fingerprint density at radius 1 is 0.930 bits per heavy atom. The molecule has 4 atom stereocenters. The summed E-state index contributed by atoms with van der Waals surface area (Å²) in [6.45, 7) is 3.67. The summed E-state index contributed by atoms with van der Waals surface area (Å²) in [4.78, 5) is 7.85. The number of aromatic nitrogens is 2. The molecule has 226 valence electrons. The maximum atomic E-state index is 13.5. The number of imidazole rings is 1. The van der Waals surface area contributed by atoms with Gasteiger partial charge in [-0.25, -0.2) is 17.7 Å². The van der Waals surface area contributed by atoms with Gasteiger partial charge >= 0.3 is 0 Å². The number of sulfonamides is 1. The lowest BCUT2D eigenvalue weighted by Crippen LogP contribution is -2.45. The number of rotatable bonds is 9. The monoisotopic (exact) mass is 616 g/mol. The van der Waals surface area contributed by atoms with E-state index in [0.717, 1.165) is 43.6 Å². The van der Waals surface area contributed by atoms with Crippen LogP contribution in [-0.2, 0) is 21.9 Å². The molecule has 4 aromatic rings. The Labute approximate surface area is 260 Å². The third-order valence-electron chi connectivity index (χ3n) is 10.7. The lowest BCUT2D eigenvalue weighted by Gasteiger charge is -2.42. The van der Waals surface area contributed by atoms with Crippen molar-refractivity contribution >= 4 is 32.7 Å². The Morgan fingerprint density at radius 3 is 2.42 bits per heavy atom. The summed E-state index contributed by atoms with van der Waals surface area (Å²) in [6.07, 6.45) is 8.83. The van der Waals surface area contributed by atoms with Crippen LogP contribution in [0.15, 0.2) is 77.7 Å². The molecule has 3 aromatic carbocycles. The number of piperidine rings is 1. The van der Waals surface area contributed by atoms with Crippen LogP contribution < -0.4 is 0 Å². The number of benzene rings is 3. The molecular weight excluding hydrogens is 576 g/mol. The molecule has 1 aliphatic carbocycles. The third-order valence-corrected chi connectivity index (χ3v) is 13.1. The minimum atomic E-state index is -3.67. The van der Waals surface area contributed by atoms with Gasteiger partial charge in [0, 0.05) is 31.7 Å². The van der Waals surface area contributed by atoms with Crippen LogP contribution in [-0.4, -0.2) is 59.4 Å². The number of halogens is 1. The second-order valence-corrected chi connectivity index (χ2v) is 15.4. The molecule has 2 saturated heterocycles. The summed E-state index contributed by atoms with van der Waals surface area (Å²) in [5.41, 5.74) is 5.16. The molecule has 1 unspecified atom stereocenters. The molecule has 2 fully saturated rings. The van der Waals surface area contributed by atoms with Gasteiger partial charge in [0.15, 0.2) is 0 Å². The molecule has 3 aliphatic rings. The summed E-state index contributed by atoms with van der Waals surface area (Å²) >= 11 is 6.31. The Bertz CT molecular complexity index is 1740. The van der Waals surface area contributed by atoms with Gasteiger partial charge in [-0.1, -0.05) is 60.1 Å². The largest absolute Gasteiger partial charge is 0.325 e. The Hall–Kier alpha value is -2.71. The molecule has 43 heavy (non-hydrogen) atoms. The van der Waals surface area contributed by atoms with Crippen molar-refractivity contribution < 1.29 is 8.42 Å². The molecule has 3 heterocycles. The first-order valence-corrected chi connectivity index (χ1v) is 17.6. The van der Waals surface area contributed by atoms with Crippen molar-refractivity contribution in [2.75, 3.05) is 20.1 Å². The van der Waals surface area contributed by atoms with Crippen molar-refractivity contribution in [3.63, 3.8) is 0 Å². The van der Waals surface area contributed by atoms with Crippen molar-refractivity contribution in [1.29, 1.82) is 0 Å². The lowest BCUT2D eigenvalue weighted by molar-refractivity contribution is 0.0953. The number of hydrogen-bond donors (Lipinski definition) is 0. The van der Waals surface area contributed by atoms with Crippen molar-refractivity contribution in [1.82, 2.24) is 18.8 Å². The average molecular weight is 617 g/mol. The highest BCUT2D eigenvalue weighted by Crippen LogP contribution is 2.47. The smallest absolute Gasteiger partial charge is 0.244 e. The first-order chi connectivity index (χ1) is 20.8. The fraction of sp³-hybridized carbons (Fsp3) is 0.457. The minimum absolute atomic E-state index is 0.0334. The van der Waals surface area contributed by atoms with Crippen LogP contribution >= 0.6 is 11.6 Å². The second-order valence-electron chi connectivity index (χ2n) is 13.0. The van der Waals surface area contributed by atoms with Crippen LogP contribution in [0.2, 0.25) is 5.02 Å². The maximum absolute atomic E-state index is 13.5. The number of nitrogens with zero attached hydrogens (tertiary/aromatic N) is 4. The topological polar surface area (TPSA) is 58.4 Å². The van der Waals surface area contributed by atoms with E-state index in [-0.39, 0.29) is 15.3 Å². The van der Waals surface area contributed by atoms with Crippen LogP contribution in [0.5, 0.6) is 0 Å². The standard InChI is InChI=1S/C35H41ClN4O2S/c1-25-37-32-12-6-7-13-33(32)40(25)29-23-27-15-16-28(24-29)39(27)22-20-35(18-17-26-9-3-4-10-30(26)35)19-21-38(2)43(41,42)34-14-8-5-11-31(34)36/h3-14,27-29H,15-24H2,1-2H3/t27-,28+,29?,35-/m0/s1.